The standard InChI is InChI=1S/C12H8ClF3O2/c13-7-3-8(14)5-10(4-7)18-9-1-2-12(15,16)11(17)6-9/h1-6,11,17H. The summed E-state index contributed by atoms with van der Waals surface area (Å²) in [6.07, 6.45) is 0.402. The summed E-state index contributed by atoms with van der Waals surface area (Å²) in [5.41, 5.74) is 0. The highest BCUT2D eigenvalue weighted by atomic mass is 35.5. The maximum atomic E-state index is 13.0. The molecule has 18 heavy (non-hydrogen) atoms. The van der Waals surface area contributed by atoms with Crippen molar-refractivity contribution in [3.8, 4) is 5.75 Å². The zero-order valence-electron chi connectivity index (χ0n) is 8.91. The quantitative estimate of drug-likeness (QED) is 0.898. The highest BCUT2D eigenvalue weighted by Crippen LogP contribution is 2.29. The van der Waals surface area contributed by atoms with Crippen molar-refractivity contribution in [1.29, 1.82) is 0 Å². The minimum atomic E-state index is -3.33. The predicted molar refractivity (Wildman–Crippen MR) is 60.2 cm³/mol. The fourth-order valence-corrected chi connectivity index (χ4v) is 1.62. The molecule has 2 nitrogen and oxygen atoms in total. The van der Waals surface area contributed by atoms with Gasteiger partial charge in [-0.05, 0) is 30.4 Å². The second kappa shape index (κ2) is 4.66. The Labute approximate surface area is 106 Å². The molecule has 1 N–H and O–H groups in total. The Kier molecular flexibility index (Phi) is 3.36. The van der Waals surface area contributed by atoms with Crippen molar-refractivity contribution in [2.75, 3.05) is 0 Å². The van der Waals surface area contributed by atoms with Crippen LogP contribution in [-0.4, -0.2) is 17.1 Å². The van der Waals surface area contributed by atoms with Crippen LogP contribution in [-0.2, 0) is 0 Å². The zero-order valence-corrected chi connectivity index (χ0v) is 9.66. The van der Waals surface area contributed by atoms with Crippen molar-refractivity contribution in [1.82, 2.24) is 0 Å². The Bertz CT molecular complexity index is 506. The zero-order chi connectivity index (χ0) is 13.3. The summed E-state index contributed by atoms with van der Waals surface area (Å²) < 4.78 is 44.0. The second-order valence-corrected chi connectivity index (χ2v) is 4.17. The number of allylic oxidation sites excluding steroid dienone is 1. The number of alkyl halides is 2. The van der Waals surface area contributed by atoms with E-state index >= 15 is 0 Å². The molecule has 1 atom stereocenters. The summed E-state index contributed by atoms with van der Waals surface area (Å²) >= 11 is 5.61. The molecular weight excluding hydrogens is 269 g/mol. The van der Waals surface area contributed by atoms with Crippen molar-refractivity contribution < 1.29 is 23.0 Å². The first-order chi connectivity index (χ1) is 8.37. The Balaban J connectivity index is 2.18. The highest BCUT2D eigenvalue weighted by Gasteiger charge is 2.36. The van der Waals surface area contributed by atoms with Crippen LogP contribution in [0.1, 0.15) is 0 Å². The van der Waals surface area contributed by atoms with Gasteiger partial charge >= 0.3 is 0 Å². The molecule has 1 aromatic rings. The summed E-state index contributed by atoms with van der Waals surface area (Å²) in [5, 5.41) is 9.26. The summed E-state index contributed by atoms with van der Waals surface area (Å²) in [7, 11) is 0. The van der Waals surface area contributed by atoms with Gasteiger partial charge in [0, 0.05) is 11.1 Å². The second-order valence-electron chi connectivity index (χ2n) is 3.73. The first-order valence-corrected chi connectivity index (χ1v) is 5.35. The highest BCUT2D eigenvalue weighted by molar-refractivity contribution is 6.30. The lowest BCUT2D eigenvalue weighted by Crippen LogP contribution is -2.32. The molecule has 1 unspecified atom stereocenters. The van der Waals surface area contributed by atoms with Gasteiger partial charge in [-0.15, -0.1) is 0 Å². The van der Waals surface area contributed by atoms with E-state index < -0.39 is 17.8 Å². The number of ether oxygens (including phenoxy) is 1. The van der Waals surface area contributed by atoms with Crippen molar-refractivity contribution in [3.05, 3.63) is 53.0 Å². The molecule has 1 aliphatic carbocycles. The summed E-state index contributed by atoms with van der Waals surface area (Å²) in [6, 6.07) is 3.47. The van der Waals surface area contributed by atoms with E-state index in [0.29, 0.717) is 6.08 Å². The normalized spacial score (nSPS) is 21.6. The van der Waals surface area contributed by atoms with Gasteiger partial charge in [-0.1, -0.05) is 11.6 Å². The van der Waals surface area contributed by atoms with E-state index in [2.05, 4.69) is 0 Å². The molecule has 0 saturated carbocycles. The molecule has 1 aliphatic rings. The molecule has 0 amide bonds. The first-order valence-electron chi connectivity index (χ1n) is 4.98. The number of halogens is 4. The molecule has 0 fully saturated rings. The minimum Gasteiger partial charge on any atom is -0.457 e. The van der Waals surface area contributed by atoms with Gasteiger partial charge in [-0.3, -0.25) is 0 Å². The average Bonchev–Trinajstić information content (AvgIpc) is 2.22. The van der Waals surface area contributed by atoms with Gasteiger partial charge in [0.2, 0.25) is 0 Å². The third kappa shape index (κ3) is 2.86. The van der Waals surface area contributed by atoms with Crippen LogP contribution >= 0.6 is 11.6 Å². The van der Waals surface area contributed by atoms with Crippen molar-refractivity contribution in [3.63, 3.8) is 0 Å². The predicted octanol–water partition coefficient (Wildman–Crippen LogP) is 3.31. The molecule has 0 aromatic heterocycles. The Hall–Kier alpha value is -1.46. The summed E-state index contributed by atoms with van der Waals surface area (Å²) in [4.78, 5) is 0. The largest absolute Gasteiger partial charge is 0.457 e. The monoisotopic (exact) mass is 276 g/mol. The Morgan fingerprint density at radius 1 is 1.28 bits per heavy atom. The third-order valence-electron chi connectivity index (χ3n) is 2.26. The van der Waals surface area contributed by atoms with Gasteiger partial charge in [-0.25, -0.2) is 4.39 Å². The molecule has 0 saturated heterocycles. The Morgan fingerprint density at radius 2 is 2.00 bits per heavy atom. The van der Waals surface area contributed by atoms with Gasteiger partial charge in [0.1, 0.15) is 23.4 Å². The summed E-state index contributed by atoms with van der Waals surface area (Å²) in [6.45, 7) is 0. The van der Waals surface area contributed by atoms with Crippen LogP contribution in [0.25, 0.3) is 0 Å². The molecule has 96 valence electrons. The van der Waals surface area contributed by atoms with Crippen LogP contribution in [0, 0.1) is 5.82 Å². The molecule has 0 bridgehead atoms. The van der Waals surface area contributed by atoms with Crippen LogP contribution < -0.4 is 4.74 Å². The molecular formula is C12H8ClF3O2. The Morgan fingerprint density at radius 3 is 2.61 bits per heavy atom. The van der Waals surface area contributed by atoms with Crippen LogP contribution in [0.15, 0.2) is 42.2 Å². The van der Waals surface area contributed by atoms with Crippen molar-refractivity contribution >= 4 is 11.6 Å². The van der Waals surface area contributed by atoms with Crippen molar-refractivity contribution in [2.45, 2.75) is 12.0 Å². The van der Waals surface area contributed by atoms with Gasteiger partial charge in [0.05, 0.1) is 0 Å². The average molecular weight is 277 g/mol. The van der Waals surface area contributed by atoms with E-state index in [9.17, 15) is 13.2 Å². The molecule has 0 aliphatic heterocycles. The molecule has 2 rings (SSSR count). The number of rotatable bonds is 2. The lowest BCUT2D eigenvalue weighted by atomic mass is 10.1. The van der Waals surface area contributed by atoms with Gasteiger partial charge in [-0.2, -0.15) is 8.78 Å². The van der Waals surface area contributed by atoms with Gasteiger partial charge < -0.3 is 9.84 Å². The van der Waals surface area contributed by atoms with E-state index in [0.717, 1.165) is 24.3 Å². The lowest BCUT2D eigenvalue weighted by molar-refractivity contribution is -0.0481. The van der Waals surface area contributed by atoms with E-state index in [1.807, 2.05) is 0 Å². The third-order valence-corrected chi connectivity index (χ3v) is 2.48. The number of hydrogen-bond acceptors (Lipinski definition) is 2. The topological polar surface area (TPSA) is 29.5 Å². The SMILES string of the molecule is OC1C=C(Oc2cc(F)cc(Cl)c2)C=CC1(F)F. The number of aliphatic hydroxyl groups excluding tert-OH is 1. The molecule has 6 heteroatoms. The number of hydrogen-bond donors (Lipinski definition) is 1. The maximum absolute atomic E-state index is 13.0. The number of benzene rings is 1. The molecule has 0 radical (unpaired) electrons. The van der Waals surface area contributed by atoms with Crippen LogP contribution in [0.2, 0.25) is 5.02 Å². The van der Waals surface area contributed by atoms with Gasteiger partial charge in [0.15, 0.2) is 0 Å². The summed E-state index contributed by atoms with van der Waals surface area (Å²) in [5.74, 6) is -3.88. The molecule has 0 heterocycles. The van der Waals surface area contributed by atoms with Gasteiger partial charge in [0.25, 0.3) is 5.92 Å². The van der Waals surface area contributed by atoms with E-state index in [4.69, 9.17) is 21.4 Å². The first kappa shape index (κ1) is 13.0. The fourth-order valence-electron chi connectivity index (χ4n) is 1.41. The van der Waals surface area contributed by atoms with E-state index in [1.165, 1.54) is 6.07 Å². The van der Waals surface area contributed by atoms with Crippen LogP contribution in [0.4, 0.5) is 13.2 Å². The number of aliphatic hydroxyl groups is 1. The lowest BCUT2D eigenvalue weighted by Gasteiger charge is -2.21. The van der Waals surface area contributed by atoms with Crippen LogP contribution in [0.5, 0.6) is 5.75 Å². The molecule has 0 spiro atoms. The van der Waals surface area contributed by atoms with Crippen LogP contribution in [0.3, 0.4) is 0 Å². The fraction of sp³-hybridized carbons (Fsp3) is 0.167. The van der Waals surface area contributed by atoms with E-state index in [1.54, 1.807) is 0 Å². The maximum Gasteiger partial charge on any atom is 0.295 e. The molecule has 1 aromatic carbocycles. The minimum absolute atomic E-state index is 0.00454. The van der Waals surface area contributed by atoms with E-state index in [-0.39, 0.29) is 16.5 Å². The smallest absolute Gasteiger partial charge is 0.295 e. The van der Waals surface area contributed by atoms with Crippen molar-refractivity contribution in [2.24, 2.45) is 0 Å².